The Kier molecular flexibility index (Phi) is 4.62. The van der Waals surface area contributed by atoms with Gasteiger partial charge < -0.3 is 5.32 Å². The van der Waals surface area contributed by atoms with E-state index in [0.29, 0.717) is 18.7 Å². The van der Waals surface area contributed by atoms with Gasteiger partial charge in [0.25, 0.3) is 0 Å². The molecule has 1 N–H and O–H groups in total. The smallest absolute Gasteiger partial charge is 0.354 e. The van der Waals surface area contributed by atoms with Crippen molar-refractivity contribution in [1.29, 1.82) is 0 Å². The zero-order valence-electron chi connectivity index (χ0n) is 12.3. The number of para-hydroxylation sites is 1. The molecule has 0 radical (unpaired) electrons. The van der Waals surface area contributed by atoms with Gasteiger partial charge in [0.15, 0.2) is 0 Å². The Morgan fingerprint density at radius 2 is 2.00 bits per heavy atom. The third kappa shape index (κ3) is 3.72. The van der Waals surface area contributed by atoms with Crippen LogP contribution < -0.4 is 11.0 Å². The summed E-state index contributed by atoms with van der Waals surface area (Å²) in [6.45, 7) is 0.609. The van der Waals surface area contributed by atoms with Crippen molar-refractivity contribution in [3.05, 3.63) is 63.2 Å². The second-order valence-corrected chi connectivity index (χ2v) is 5.67. The van der Waals surface area contributed by atoms with Crippen molar-refractivity contribution >= 4 is 17.2 Å². The second-order valence-electron chi connectivity index (χ2n) is 4.89. The number of nitrogens with one attached hydrogen (secondary N) is 1. The maximum absolute atomic E-state index is 12.2. The van der Waals surface area contributed by atoms with Gasteiger partial charge in [-0.1, -0.05) is 18.2 Å². The van der Waals surface area contributed by atoms with Crippen LogP contribution in [0.5, 0.6) is 0 Å². The van der Waals surface area contributed by atoms with Crippen molar-refractivity contribution in [3.63, 3.8) is 0 Å². The zero-order valence-corrected chi connectivity index (χ0v) is 13.1. The van der Waals surface area contributed by atoms with Crippen molar-refractivity contribution in [2.45, 2.75) is 13.0 Å². The highest BCUT2D eigenvalue weighted by Crippen LogP contribution is 2.06. The quantitative estimate of drug-likeness (QED) is 0.727. The number of hydrogen-bond acceptors (Lipinski definition) is 5. The van der Waals surface area contributed by atoms with Gasteiger partial charge in [0.1, 0.15) is 0 Å². The highest BCUT2D eigenvalue weighted by atomic mass is 32.1. The summed E-state index contributed by atoms with van der Waals surface area (Å²) in [5, 5.41) is 14.3. The molecule has 2 aromatic heterocycles. The van der Waals surface area contributed by atoms with Gasteiger partial charge in [-0.25, -0.2) is 4.79 Å². The summed E-state index contributed by atoms with van der Waals surface area (Å²) in [7, 11) is 0. The topological polar surface area (TPSA) is 81.8 Å². The van der Waals surface area contributed by atoms with E-state index < -0.39 is 0 Å². The van der Waals surface area contributed by atoms with Crippen LogP contribution in [0.3, 0.4) is 0 Å². The first-order chi connectivity index (χ1) is 11.2. The molecule has 0 saturated carbocycles. The van der Waals surface area contributed by atoms with Gasteiger partial charge in [-0.15, -0.1) is 0 Å². The van der Waals surface area contributed by atoms with E-state index in [1.54, 1.807) is 23.5 Å². The van der Waals surface area contributed by atoms with Gasteiger partial charge in [-0.3, -0.25) is 4.79 Å². The first-order valence-corrected chi connectivity index (χ1v) is 8.04. The normalized spacial score (nSPS) is 10.6. The fourth-order valence-corrected chi connectivity index (χ4v) is 2.76. The van der Waals surface area contributed by atoms with Crippen LogP contribution in [0.15, 0.2) is 52.0 Å². The van der Waals surface area contributed by atoms with Crippen LogP contribution in [0.1, 0.15) is 5.56 Å². The monoisotopic (exact) mass is 329 g/mol. The third-order valence-corrected chi connectivity index (χ3v) is 3.96. The van der Waals surface area contributed by atoms with Gasteiger partial charge in [0.2, 0.25) is 5.91 Å². The standard InChI is InChI=1S/C15H15N5O2S/c21-14(10-12-6-9-23-11-12)16-7-8-19-15(22)20(18-17-19)13-4-2-1-3-5-13/h1-6,9,11H,7-8,10H2,(H,16,21). The summed E-state index contributed by atoms with van der Waals surface area (Å²) in [4.78, 5) is 24.0. The molecule has 2 heterocycles. The number of benzene rings is 1. The Bertz CT molecular complexity index is 823. The van der Waals surface area contributed by atoms with Crippen LogP contribution in [0.4, 0.5) is 0 Å². The van der Waals surface area contributed by atoms with Crippen molar-refractivity contribution in [3.8, 4) is 5.69 Å². The Balaban J connectivity index is 1.56. The van der Waals surface area contributed by atoms with Crippen molar-refractivity contribution in [2.24, 2.45) is 0 Å². The van der Waals surface area contributed by atoms with Crippen LogP contribution >= 0.6 is 11.3 Å². The molecule has 23 heavy (non-hydrogen) atoms. The number of rotatable bonds is 6. The Labute approximate surface area is 136 Å². The van der Waals surface area contributed by atoms with Gasteiger partial charge in [0.05, 0.1) is 18.7 Å². The molecule has 0 spiro atoms. The lowest BCUT2D eigenvalue weighted by Gasteiger charge is -2.03. The van der Waals surface area contributed by atoms with Crippen LogP contribution in [0.25, 0.3) is 5.69 Å². The van der Waals surface area contributed by atoms with E-state index in [1.165, 1.54) is 9.36 Å². The summed E-state index contributed by atoms with van der Waals surface area (Å²) >= 11 is 1.56. The number of carbonyl (C=O) groups is 1. The summed E-state index contributed by atoms with van der Waals surface area (Å²) in [5.74, 6) is -0.0769. The molecule has 7 nitrogen and oxygen atoms in total. The van der Waals surface area contributed by atoms with E-state index in [9.17, 15) is 9.59 Å². The molecule has 1 amide bonds. The first kappa shape index (κ1) is 15.2. The van der Waals surface area contributed by atoms with Crippen molar-refractivity contribution in [1.82, 2.24) is 25.1 Å². The lowest BCUT2D eigenvalue weighted by molar-refractivity contribution is -0.120. The van der Waals surface area contributed by atoms with Crippen LogP contribution in [-0.2, 0) is 17.8 Å². The fraction of sp³-hybridized carbons (Fsp3) is 0.200. The van der Waals surface area contributed by atoms with Crippen LogP contribution in [0.2, 0.25) is 0 Å². The molecule has 0 fully saturated rings. The van der Waals surface area contributed by atoms with Crippen LogP contribution in [0, 0.1) is 0 Å². The Morgan fingerprint density at radius 1 is 1.17 bits per heavy atom. The molecule has 0 bridgehead atoms. The van der Waals surface area contributed by atoms with E-state index in [-0.39, 0.29) is 18.1 Å². The Morgan fingerprint density at radius 3 is 2.74 bits per heavy atom. The minimum absolute atomic E-state index is 0.0769. The summed E-state index contributed by atoms with van der Waals surface area (Å²) in [5.41, 5.74) is 1.31. The number of tetrazole rings is 1. The molecule has 3 aromatic rings. The zero-order chi connectivity index (χ0) is 16.1. The van der Waals surface area contributed by atoms with E-state index in [2.05, 4.69) is 15.7 Å². The predicted octanol–water partition coefficient (Wildman–Crippen LogP) is 0.849. The Hall–Kier alpha value is -2.74. The molecule has 8 heteroatoms. The van der Waals surface area contributed by atoms with Gasteiger partial charge in [-0.05, 0) is 44.9 Å². The summed E-state index contributed by atoms with van der Waals surface area (Å²) < 4.78 is 2.46. The highest BCUT2D eigenvalue weighted by Gasteiger charge is 2.09. The molecule has 0 unspecified atom stereocenters. The summed E-state index contributed by atoms with van der Waals surface area (Å²) in [6, 6.07) is 11.0. The van der Waals surface area contributed by atoms with Crippen LogP contribution in [-0.4, -0.2) is 32.2 Å². The number of amides is 1. The molecular weight excluding hydrogens is 314 g/mol. The first-order valence-electron chi connectivity index (χ1n) is 7.10. The molecule has 0 aliphatic carbocycles. The molecule has 1 aromatic carbocycles. The number of hydrogen-bond donors (Lipinski definition) is 1. The van der Waals surface area contributed by atoms with Gasteiger partial charge in [0, 0.05) is 6.54 Å². The lowest BCUT2D eigenvalue weighted by atomic mass is 10.2. The molecule has 0 atom stereocenters. The van der Waals surface area contributed by atoms with Gasteiger partial charge in [-0.2, -0.15) is 20.7 Å². The van der Waals surface area contributed by atoms with Crippen molar-refractivity contribution < 1.29 is 4.79 Å². The van der Waals surface area contributed by atoms with Gasteiger partial charge >= 0.3 is 5.69 Å². The number of thiophene rings is 1. The molecule has 0 aliphatic heterocycles. The molecule has 0 aliphatic rings. The molecule has 0 saturated heterocycles. The predicted molar refractivity (Wildman–Crippen MR) is 86.7 cm³/mol. The van der Waals surface area contributed by atoms with E-state index >= 15 is 0 Å². The number of nitrogens with zero attached hydrogens (tertiary/aromatic N) is 4. The lowest BCUT2D eigenvalue weighted by Crippen LogP contribution is -2.32. The minimum atomic E-state index is -0.330. The average molecular weight is 329 g/mol. The largest absolute Gasteiger partial charge is 0.368 e. The minimum Gasteiger partial charge on any atom is -0.354 e. The fourth-order valence-electron chi connectivity index (χ4n) is 2.09. The summed E-state index contributed by atoms with van der Waals surface area (Å²) in [6.07, 6.45) is 0.342. The molecule has 3 rings (SSSR count). The van der Waals surface area contributed by atoms with E-state index in [1.807, 2.05) is 35.0 Å². The average Bonchev–Trinajstić information content (AvgIpc) is 3.19. The van der Waals surface area contributed by atoms with E-state index in [4.69, 9.17) is 0 Å². The second kappa shape index (κ2) is 7.01. The van der Waals surface area contributed by atoms with E-state index in [0.717, 1.165) is 5.56 Å². The highest BCUT2D eigenvalue weighted by molar-refractivity contribution is 7.07. The number of carbonyl (C=O) groups excluding carboxylic acids is 1. The van der Waals surface area contributed by atoms with Crippen molar-refractivity contribution in [2.75, 3.05) is 6.54 Å². The maximum atomic E-state index is 12.2. The third-order valence-electron chi connectivity index (χ3n) is 3.23. The SMILES string of the molecule is O=C(Cc1ccsc1)NCCn1nnn(-c2ccccc2)c1=O. The molecular formula is C15H15N5O2S. The number of aromatic nitrogens is 4. The maximum Gasteiger partial charge on any atom is 0.368 e. The molecule has 118 valence electrons.